The maximum Gasteiger partial charge on any atom is 0.407 e. The molecule has 1 aliphatic heterocycles. The van der Waals surface area contributed by atoms with Gasteiger partial charge in [-0.1, -0.05) is 54.6 Å². The van der Waals surface area contributed by atoms with Crippen molar-refractivity contribution in [2.24, 2.45) is 5.73 Å². The first kappa shape index (κ1) is 56.3. The van der Waals surface area contributed by atoms with Crippen molar-refractivity contribution in [1.29, 1.82) is 0 Å². The highest BCUT2D eigenvalue weighted by Gasteiger charge is 2.50. The minimum absolute atomic E-state index is 0. The van der Waals surface area contributed by atoms with Gasteiger partial charge in [0.15, 0.2) is 17.9 Å². The Hall–Kier alpha value is -6.98. The first-order valence-electron chi connectivity index (χ1n) is 23.7. The Bertz CT molecular complexity index is 2760. The van der Waals surface area contributed by atoms with E-state index in [0.717, 1.165) is 5.56 Å². The molecule has 4 amide bonds. The topological polar surface area (TPSA) is 332 Å². The van der Waals surface area contributed by atoms with Crippen molar-refractivity contribution in [3.05, 3.63) is 117 Å². The van der Waals surface area contributed by atoms with E-state index in [4.69, 9.17) is 24.7 Å². The Morgan fingerprint density at radius 1 is 0.865 bits per heavy atom. The van der Waals surface area contributed by atoms with Crippen LogP contribution in [0.4, 0.5) is 10.5 Å². The van der Waals surface area contributed by atoms with Gasteiger partial charge in [-0.2, -0.15) is 0 Å². The fourth-order valence-corrected chi connectivity index (χ4v) is 9.45. The number of methoxy groups -OCH3 is 1. The normalized spacial score (nSPS) is 21.5. The first-order valence-corrected chi connectivity index (χ1v) is 23.7. The summed E-state index contributed by atoms with van der Waals surface area (Å²) in [5.74, 6) is -5.72. The summed E-state index contributed by atoms with van der Waals surface area (Å²) < 4.78 is 23.0. The van der Waals surface area contributed by atoms with E-state index < -0.39 is 132 Å². The van der Waals surface area contributed by atoms with E-state index in [-0.39, 0.29) is 66.3 Å². The molecule has 0 spiro atoms. The maximum atomic E-state index is 14.0. The third-order valence-electron chi connectivity index (χ3n) is 13.2. The van der Waals surface area contributed by atoms with Gasteiger partial charge in [0.1, 0.15) is 54.3 Å². The average Bonchev–Trinajstić information content (AvgIpc) is 3.36. The fourth-order valence-electron chi connectivity index (χ4n) is 9.45. The highest BCUT2D eigenvalue weighted by molar-refractivity contribution is 6.31. The van der Waals surface area contributed by atoms with Crippen molar-refractivity contribution in [3.8, 4) is 17.2 Å². The molecule has 1 heterocycles. The third-order valence-corrected chi connectivity index (χ3v) is 13.2. The minimum Gasteiger partial charge on any atom is -0.507 e. The van der Waals surface area contributed by atoms with Crippen LogP contribution in [0.15, 0.2) is 72.8 Å². The van der Waals surface area contributed by atoms with Gasteiger partial charge in [-0.15, -0.1) is 12.4 Å². The quantitative estimate of drug-likeness (QED) is 0.0420. The van der Waals surface area contributed by atoms with E-state index in [1.807, 2.05) is 30.3 Å². The molecule has 0 radical (unpaired) electrons. The number of aliphatic hydroxyl groups excluding tert-OH is 2. The predicted molar refractivity (Wildman–Crippen MR) is 266 cm³/mol. The molecule has 4 aromatic rings. The van der Waals surface area contributed by atoms with E-state index >= 15 is 0 Å². The Morgan fingerprint density at radius 3 is 2.23 bits per heavy atom. The predicted octanol–water partition coefficient (Wildman–Crippen LogP) is 2.69. The van der Waals surface area contributed by atoms with E-state index in [1.165, 1.54) is 39.2 Å². The number of carbonyl (C=O) groups excluding carboxylic acids is 7. The molecule has 396 valence electrons. The molecule has 1 fully saturated rings. The molecule has 0 saturated carbocycles. The molecule has 3 aliphatic rings. The number of ether oxygens (including phenoxy) is 4. The first-order chi connectivity index (χ1) is 34.9. The molecule has 7 rings (SSSR count). The van der Waals surface area contributed by atoms with E-state index in [9.17, 15) is 59.1 Å². The summed E-state index contributed by atoms with van der Waals surface area (Å²) in [6, 6.07) is 16.8. The molecule has 4 aromatic carbocycles. The van der Waals surface area contributed by atoms with Gasteiger partial charge in [0, 0.05) is 55.0 Å². The number of nitrogens with one attached hydrogen (secondary N) is 4. The molecule has 11 N–H and O–H groups in total. The monoisotopic (exact) mass is 1050 g/mol. The van der Waals surface area contributed by atoms with Gasteiger partial charge in [-0.25, -0.2) is 4.79 Å². The maximum absolute atomic E-state index is 14.0. The number of ketones is 3. The van der Waals surface area contributed by atoms with Gasteiger partial charge < -0.3 is 71.5 Å². The lowest BCUT2D eigenvalue weighted by Crippen LogP contribution is -2.56. The number of hydrogen-bond donors (Lipinski definition) is 10. The number of nitrogens with two attached hydrogens (primary N) is 1. The van der Waals surface area contributed by atoms with Crippen LogP contribution in [-0.4, -0.2) is 129 Å². The van der Waals surface area contributed by atoms with Crippen LogP contribution in [-0.2, 0) is 52.8 Å². The van der Waals surface area contributed by atoms with Gasteiger partial charge in [-0.3, -0.25) is 28.8 Å². The Morgan fingerprint density at radius 2 is 1.57 bits per heavy atom. The molecular formula is C52H60ClN5O16. The van der Waals surface area contributed by atoms with Crippen molar-refractivity contribution in [2.45, 2.75) is 114 Å². The Kier molecular flexibility index (Phi) is 18.5. The van der Waals surface area contributed by atoms with Crippen molar-refractivity contribution < 1.29 is 78.0 Å². The van der Waals surface area contributed by atoms with Crippen LogP contribution in [0.1, 0.15) is 106 Å². The van der Waals surface area contributed by atoms with E-state index in [1.54, 1.807) is 24.3 Å². The number of phenolic OH excluding ortho intramolecular Hbond substituents is 2. The zero-order chi connectivity index (χ0) is 52.7. The molecule has 0 aromatic heterocycles. The number of alkyl carbamates (subject to hydrolysis) is 1. The average molecular weight is 1050 g/mol. The van der Waals surface area contributed by atoms with Crippen LogP contribution in [0, 0.1) is 0 Å². The Balaban J connectivity index is 0.00000892. The van der Waals surface area contributed by atoms with Gasteiger partial charge in [0.25, 0.3) is 0 Å². The highest BCUT2D eigenvalue weighted by Crippen LogP contribution is 2.52. The smallest absolute Gasteiger partial charge is 0.407 e. The second kappa shape index (κ2) is 24.4. The minimum atomic E-state index is -2.40. The van der Waals surface area contributed by atoms with E-state index in [0.29, 0.717) is 30.6 Å². The zero-order valence-corrected chi connectivity index (χ0v) is 41.6. The van der Waals surface area contributed by atoms with Crippen LogP contribution in [0.5, 0.6) is 17.2 Å². The number of aliphatic hydroxyl groups is 3. The van der Waals surface area contributed by atoms with Crippen LogP contribution in [0.25, 0.3) is 0 Å². The number of benzene rings is 4. The number of aromatic hydroxyl groups is 2. The molecule has 0 bridgehead atoms. The second-order valence-corrected chi connectivity index (χ2v) is 18.3. The number of unbranched alkanes of at least 4 members (excludes halogenated alkanes) is 1. The van der Waals surface area contributed by atoms with Crippen molar-refractivity contribution in [3.63, 3.8) is 0 Å². The summed E-state index contributed by atoms with van der Waals surface area (Å²) in [7, 11) is 1.29. The van der Waals surface area contributed by atoms with Gasteiger partial charge in [0.05, 0.1) is 42.0 Å². The summed E-state index contributed by atoms with van der Waals surface area (Å²) in [5, 5.41) is 66.9. The number of hydrogen-bond acceptors (Lipinski definition) is 17. The van der Waals surface area contributed by atoms with Crippen molar-refractivity contribution >= 4 is 59.3 Å². The lowest BCUT2D eigenvalue weighted by Gasteiger charge is -2.42. The largest absolute Gasteiger partial charge is 0.507 e. The molecule has 22 heteroatoms. The molecule has 0 unspecified atom stereocenters. The molecule has 8 atom stereocenters. The number of phenols is 2. The molecule has 1 saturated heterocycles. The highest BCUT2D eigenvalue weighted by atomic mass is 35.5. The molecule has 21 nitrogen and oxygen atoms in total. The fraction of sp³-hybridized carbons (Fsp3) is 0.404. The standard InChI is InChI=1S/C52H59N5O16.ClH/c1-26-44(61)34(57-51(68)71-25-29-15-17-30(18-16-29)55-49(66)33(13-7-8-19-53)56-50(67)35(54-27(2)59)20-28-10-5-4-6-11-28)21-39(72-26)73-37-23-52(69,38(60)24-58)22-32-41(37)48(65)43-42(46(32)63)45(62)31-12-9-14-36(70-3)40(31)47(43)64;/h4-6,9-12,14-18,26,33-35,37,39,44,58,61,63,65,69H,7-8,13,19-25,53H2,1-3H3,(H,54,59)(H,55,66)(H,56,67)(H,57,68);1H/t26-,33-,34-,35+,37-,39-,44+,52-;/m0./s1. The SMILES string of the molecule is COc1cccc2c1C(=O)c1c(O)c3c(c(O)c1C2=O)C[C@@](O)(C(=O)CO)C[C@@H]3O[C@H]1C[C@H](NC(=O)OCc2ccc(NC(=O)[C@H](CCCCN)NC(=O)[C@@H](Cc3ccccc3)NC(C)=O)cc2)[C@H](O)[C@H](C)O1.Cl. The van der Waals surface area contributed by atoms with Crippen molar-refractivity contribution in [2.75, 3.05) is 25.6 Å². The lowest BCUT2D eigenvalue weighted by atomic mass is 9.72. The summed E-state index contributed by atoms with van der Waals surface area (Å²) in [5.41, 5.74) is 3.07. The van der Waals surface area contributed by atoms with Gasteiger partial charge in [-0.05, 0) is 62.1 Å². The number of anilines is 1. The Labute approximate surface area is 431 Å². The molecule has 74 heavy (non-hydrogen) atoms. The van der Waals surface area contributed by atoms with E-state index in [2.05, 4.69) is 21.3 Å². The number of carbonyl (C=O) groups is 7. The zero-order valence-electron chi connectivity index (χ0n) is 40.8. The summed E-state index contributed by atoms with van der Waals surface area (Å²) >= 11 is 0. The summed E-state index contributed by atoms with van der Waals surface area (Å²) in [6.45, 7) is 1.81. The summed E-state index contributed by atoms with van der Waals surface area (Å²) in [4.78, 5) is 93.2. The number of fused-ring (bicyclic) bond motifs is 3. The molecular weight excluding hydrogens is 986 g/mol. The number of halogens is 1. The van der Waals surface area contributed by atoms with Crippen LogP contribution in [0.3, 0.4) is 0 Å². The second-order valence-electron chi connectivity index (χ2n) is 18.3. The lowest BCUT2D eigenvalue weighted by molar-refractivity contribution is -0.249. The van der Waals surface area contributed by atoms with Crippen LogP contribution >= 0.6 is 12.4 Å². The van der Waals surface area contributed by atoms with Gasteiger partial charge >= 0.3 is 6.09 Å². The number of rotatable bonds is 19. The molecule has 2 aliphatic carbocycles. The third kappa shape index (κ3) is 12.3. The number of Topliss-reactive ketones (excluding diaryl/α,β-unsaturated/α-hetero) is 1. The number of amides is 4. The van der Waals surface area contributed by atoms with Crippen molar-refractivity contribution in [1.82, 2.24) is 16.0 Å². The van der Waals surface area contributed by atoms with Crippen LogP contribution in [0.2, 0.25) is 0 Å². The summed E-state index contributed by atoms with van der Waals surface area (Å²) in [6.07, 6.45) is -6.08. The van der Waals surface area contributed by atoms with Crippen LogP contribution < -0.4 is 31.7 Å². The van der Waals surface area contributed by atoms with Gasteiger partial charge in [0.2, 0.25) is 23.5 Å².